The zero-order valence-corrected chi connectivity index (χ0v) is 14.1. The lowest BCUT2D eigenvalue weighted by Gasteiger charge is -2.30. The van der Waals surface area contributed by atoms with Gasteiger partial charge in [-0.25, -0.2) is 9.97 Å². The van der Waals surface area contributed by atoms with Gasteiger partial charge in [-0.15, -0.1) is 11.3 Å². The second kappa shape index (κ2) is 6.42. The molecular weight excluding hydrogens is 351 g/mol. The van der Waals surface area contributed by atoms with Crippen molar-refractivity contribution in [3.05, 3.63) is 46.2 Å². The Morgan fingerprint density at radius 2 is 2.08 bits per heavy atom. The summed E-state index contributed by atoms with van der Waals surface area (Å²) in [5.74, 6) is 0.865. The Morgan fingerprint density at radius 1 is 1.24 bits per heavy atom. The van der Waals surface area contributed by atoms with Crippen molar-refractivity contribution in [1.82, 2.24) is 14.9 Å². The Kier molecular flexibility index (Phi) is 4.24. The molecule has 1 unspecified atom stereocenters. The van der Waals surface area contributed by atoms with Crippen LogP contribution < -0.4 is 0 Å². The minimum Gasteiger partial charge on any atom is -0.440 e. The SMILES string of the molecule is FC(F)(F)c1csc(CN2CCCC(c3nc4ccccc4o3)C2)n1. The predicted octanol–water partition coefficient (Wildman–Crippen LogP) is 4.68. The van der Waals surface area contributed by atoms with Crippen molar-refractivity contribution in [3.8, 4) is 0 Å². The van der Waals surface area contributed by atoms with Crippen molar-refractivity contribution in [1.29, 1.82) is 0 Å². The monoisotopic (exact) mass is 367 g/mol. The molecule has 0 radical (unpaired) electrons. The fourth-order valence-electron chi connectivity index (χ4n) is 3.17. The lowest BCUT2D eigenvalue weighted by molar-refractivity contribution is -0.140. The van der Waals surface area contributed by atoms with Crippen molar-refractivity contribution in [3.63, 3.8) is 0 Å². The summed E-state index contributed by atoms with van der Waals surface area (Å²) in [6.07, 6.45) is -2.45. The Hall–Kier alpha value is -1.93. The Bertz CT molecular complexity index is 840. The summed E-state index contributed by atoms with van der Waals surface area (Å²) in [5.41, 5.74) is 0.800. The summed E-state index contributed by atoms with van der Waals surface area (Å²) in [6.45, 7) is 1.99. The number of thiazole rings is 1. The summed E-state index contributed by atoms with van der Waals surface area (Å²) in [5, 5.41) is 1.57. The van der Waals surface area contributed by atoms with E-state index in [-0.39, 0.29) is 5.92 Å². The average molecular weight is 367 g/mol. The number of aromatic nitrogens is 2. The van der Waals surface area contributed by atoms with Gasteiger partial charge >= 0.3 is 6.18 Å². The zero-order valence-electron chi connectivity index (χ0n) is 13.3. The maximum atomic E-state index is 12.7. The average Bonchev–Trinajstić information content (AvgIpc) is 3.21. The smallest absolute Gasteiger partial charge is 0.434 e. The van der Waals surface area contributed by atoms with E-state index in [9.17, 15) is 13.2 Å². The van der Waals surface area contributed by atoms with Gasteiger partial charge in [-0.05, 0) is 31.5 Å². The number of hydrogen-bond acceptors (Lipinski definition) is 5. The van der Waals surface area contributed by atoms with E-state index in [1.54, 1.807) is 0 Å². The molecule has 1 aromatic carbocycles. The van der Waals surface area contributed by atoms with Gasteiger partial charge in [-0.1, -0.05) is 12.1 Å². The molecule has 0 bridgehead atoms. The van der Waals surface area contributed by atoms with Gasteiger partial charge in [0.15, 0.2) is 17.2 Å². The molecule has 0 spiro atoms. The van der Waals surface area contributed by atoms with Gasteiger partial charge in [-0.3, -0.25) is 4.90 Å². The van der Waals surface area contributed by atoms with Crippen molar-refractivity contribution in [2.45, 2.75) is 31.5 Å². The highest BCUT2D eigenvalue weighted by molar-refractivity contribution is 7.09. The van der Waals surface area contributed by atoms with E-state index >= 15 is 0 Å². The third-order valence-electron chi connectivity index (χ3n) is 4.37. The number of alkyl halides is 3. The summed E-state index contributed by atoms with van der Waals surface area (Å²) >= 11 is 1.06. The molecule has 1 fully saturated rings. The molecule has 25 heavy (non-hydrogen) atoms. The van der Waals surface area contributed by atoms with Crippen LogP contribution in [0.2, 0.25) is 0 Å². The van der Waals surface area contributed by atoms with Crippen molar-refractivity contribution in [2.24, 2.45) is 0 Å². The fourth-order valence-corrected chi connectivity index (χ4v) is 4.01. The molecule has 3 heterocycles. The highest BCUT2D eigenvalue weighted by Crippen LogP contribution is 2.32. The molecule has 2 aromatic heterocycles. The van der Waals surface area contributed by atoms with E-state index in [1.165, 1.54) is 0 Å². The molecule has 4 rings (SSSR count). The van der Waals surface area contributed by atoms with Gasteiger partial charge in [0.25, 0.3) is 0 Å². The van der Waals surface area contributed by atoms with Crippen LogP contribution in [-0.2, 0) is 12.7 Å². The third-order valence-corrected chi connectivity index (χ3v) is 5.20. The summed E-state index contributed by atoms with van der Waals surface area (Å²) in [6, 6.07) is 7.63. The first kappa shape index (κ1) is 16.5. The molecule has 0 aliphatic carbocycles. The number of oxazole rings is 1. The molecule has 1 aliphatic rings. The quantitative estimate of drug-likeness (QED) is 0.674. The normalized spacial score (nSPS) is 19.6. The van der Waals surface area contributed by atoms with Crippen LogP contribution in [0.3, 0.4) is 0 Å². The number of likely N-dealkylation sites (tertiary alicyclic amines) is 1. The highest BCUT2D eigenvalue weighted by Gasteiger charge is 2.34. The molecule has 1 aliphatic heterocycles. The first-order valence-electron chi connectivity index (χ1n) is 8.08. The second-order valence-electron chi connectivity index (χ2n) is 6.22. The topological polar surface area (TPSA) is 42.2 Å². The lowest BCUT2D eigenvalue weighted by atomic mass is 9.98. The number of fused-ring (bicyclic) bond motifs is 1. The van der Waals surface area contributed by atoms with Gasteiger partial charge in [0.05, 0.1) is 6.54 Å². The molecule has 132 valence electrons. The van der Waals surface area contributed by atoms with E-state index in [0.717, 1.165) is 47.2 Å². The largest absolute Gasteiger partial charge is 0.440 e. The maximum absolute atomic E-state index is 12.7. The summed E-state index contributed by atoms with van der Waals surface area (Å²) in [7, 11) is 0. The van der Waals surface area contributed by atoms with E-state index in [2.05, 4.69) is 14.9 Å². The molecular formula is C17H16F3N3OS. The van der Waals surface area contributed by atoms with Crippen LogP contribution in [0.1, 0.15) is 35.4 Å². The molecule has 1 saturated heterocycles. The summed E-state index contributed by atoms with van der Waals surface area (Å²) < 4.78 is 43.9. The van der Waals surface area contributed by atoms with Crippen LogP contribution in [0.5, 0.6) is 0 Å². The first-order valence-corrected chi connectivity index (χ1v) is 8.96. The van der Waals surface area contributed by atoms with E-state index in [0.29, 0.717) is 24.0 Å². The number of halogens is 3. The van der Waals surface area contributed by atoms with Crippen LogP contribution >= 0.6 is 11.3 Å². The minimum atomic E-state index is -4.38. The van der Waals surface area contributed by atoms with Crippen LogP contribution in [0, 0.1) is 0 Å². The molecule has 4 nitrogen and oxygen atoms in total. The molecule has 8 heteroatoms. The maximum Gasteiger partial charge on any atom is 0.434 e. The Balaban J connectivity index is 1.46. The van der Waals surface area contributed by atoms with Gasteiger partial charge in [0.1, 0.15) is 10.5 Å². The second-order valence-corrected chi connectivity index (χ2v) is 7.16. The number of piperidine rings is 1. The number of hydrogen-bond donors (Lipinski definition) is 0. The lowest BCUT2D eigenvalue weighted by Crippen LogP contribution is -2.34. The Labute approximate surface area is 146 Å². The van der Waals surface area contributed by atoms with Gasteiger partial charge < -0.3 is 4.42 Å². The molecule has 1 atom stereocenters. The third kappa shape index (κ3) is 3.55. The highest BCUT2D eigenvalue weighted by atomic mass is 32.1. The fraction of sp³-hybridized carbons (Fsp3) is 0.412. The van der Waals surface area contributed by atoms with E-state index < -0.39 is 11.9 Å². The molecule has 0 amide bonds. The summed E-state index contributed by atoms with van der Waals surface area (Å²) in [4.78, 5) is 10.4. The number of benzene rings is 1. The van der Waals surface area contributed by atoms with Crippen molar-refractivity contribution in [2.75, 3.05) is 13.1 Å². The van der Waals surface area contributed by atoms with Crippen LogP contribution in [0.15, 0.2) is 34.1 Å². The minimum absolute atomic E-state index is 0.156. The van der Waals surface area contributed by atoms with E-state index in [1.807, 2.05) is 24.3 Å². The first-order chi connectivity index (χ1) is 12.0. The van der Waals surface area contributed by atoms with Gasteiger partial charge in [-0.2, -0.15) is 13.2 Å². The van der Waals surface area contributed by atoms with E-state index in [4.69, 9.17) is 4.42 Å². The number of nitrogens with zero attached hydrogens (tertiary/aromatic N) is 3. The van der Waals surface area contributed by atoms with Crippen LogP contribution in [-0.4, -0.2) is 28.0 Å². The van der Waals surface area contributed by atoms with Crippen molar-refractivity contribution >= 4 is 22.4 Å². The van der Waals surface area contributed by atoms with Crippen molar-refractivity contribution < 1.29 is 17.6 Å². The Morgan fingerprint density at radius 3 is 2.84 bits per heavy atom. The zero-order chi connectivity index (χ0) is 17.4. The van der Waals surface area contributed by atoms with Crippen LogP contribution in [0.4, 0.5) is 13.2 Å². The van der Waals surface area contributed by atoms with Gasteiger partial charge in [0.2, 0.25) is 0 Å². The molecule has 0 saturated carbocycles. The number of rotatable bonds is 3. The standard InChI is InChI=1S/C17H16F3N3OS/c18-17(19,20)14-10-25-15(22-14)9-23-7-3-4-11(8-23)16-21-12-5-1-2-6-13(12)24-16/h1-2,5-6,10-11H,3-4,7-9H2. The van der Waals surface area contributed by atoms with Crippen LogP contribution in [0.25, 0.3) is 11.1 Å². The predicted molar refractivity (Wildman–Crippen MR) is 88.4 cm³/mol. The molecule has 3 aromatic rings. The molecule has 0 N–H and O–H groups in total. The number of para-hydroxylation sites is 2. The van der Waals surface area contributed by atoms with Gasteiger partial charge in [0, 0.05) is 17.8 Å².